The number of allylic oxidation sites excluding steroid dienone is 5. The first-order valence-corrected chi connectivity index (χ1v) is 7.72. The lowest BCUT2D eigenvalue weighted by molar-refractivity contribution is 0.188. The maximum Gasteiger partial charge on any atom is 0.113 e. The van der Waals surface area contributed by atoms with E-state index in [2.05, 4.69) is 61.5 Å². The van der Waals surface area contributed by atoms with Gasteiger partial charge in [0.25, 0.3) is 0 Å². The number of hydrogen-bond donors (Lipinski definition) is 0. The number of benzene rings is 1. The van der Waals surface area contributed by atoms with E-state index in [4.69, 9.17) is 4.74 Å². The molecule has 1 aromatic carbocycles. The predicted molar refractivity (Wildman–Crippen MR) is 87.8 cm³/mol. The summed E-state index contributed by atoms with van der Waals surface area (Å²) in [5.41, 5.74) is 5.24. The Labute approximate surface area is 127 Å². The highest BCUT2D eigenvalue weighted by atomic mass is 16.5. The van der Waals surface area contributed by atoms with E-state index in [0.29, 0.717) is 6.61 Å². The van der Waals surface area contributed by atoms with Crippen LogP contribution in [-0.2, 0) is 11.3 Å². The van der Waals surface area contributed by atoms with Crippen LogP contribution in [0.4, 0.5) is 0 Å². The zero-order chi connectivity index (χ0) is 14.7. The highest BCUT2D eigenvalue weighted by Crippen LogP contribution is 2.37. The van der Waals surface area contributed by atoms with Crippen molar-refractivity contribution in [2.24, 2.45) is 0 Å². The number of fused-ring (bicyclic) bond motifs is 1. The van der Waals surface area contributed by atoms with Gasteiger partial charge in [-0.05, 0) is 43.6 Å². The summed E-state index contributed by atoms with van der Waals surface area (Å²) >= 11 is 0. The molecular formula is C19H23NO. The lowest BCUT2D eigenvalue weighted by Crippen LogP contribution is -2.12. The van der Waals surface area contributed by atoms with Crippen LogP contribution in [0.1, 0.15) is 30.4 Å². The summed E-state index contributed by atoms with van der Waals surface area (Å²) in [5.74, 6) is 1.16. The van der Waals surface area contributed by atoms with Gasteiger partial charge >= 0.3 is 0 Å². The third-order valence-corrected chi connectivity index (χ3v) is 4.05. The number of rotatable bonds is 3. The maximum absolute atomic E-state index is 6.07. The van der Waals surface area contributed by atoms with Crippen LogP contribution in [-0.4, -0.2) is 25.5 Å². The third-order valence-electron chi connectivity index (χ3n) is 4.05. The number of nitrogens with zero attached hydrogens (tertiary/aromatic N) is 1. The van der Waals surface area contributed by atoms with Gasteiger partial charge in [-0.3, -0.25) is 0 Å². The average Bonchev–Trinajstić information content (AvgIpc) is 2.65. The van der Waals surface area contributed by atoms with Crippen LogP contribution in [0, 0.1) is 0 Å². The molecule has 2 aliphatic rings. The summed E-state index contributed by atoms with van der Waals surface area (Å²) in [4.78, 5) is 2.22. The van der Waals surface area contributed by atoms with Gasteiger partial charge in [0.05, 0.1) is 0 Å². The molecule has 0 atom stereocenters. The summed E-state index contributed by atoms with van der Waals surface area (Å²) in [6.45, 7) is 1.76. The van der Waals surface area contributed by atoms with Crippen LogP contribution in [0.2, 0.25) is 0 Å². The highest BCUT2D eigenvalue weighted by molar-refractivity contribution is 5.84. The summed E-state index contributed by atoms with van der Waals surface area (Å²) < 4.78 is 6.07. The van der Waals surface area contributed by atoms with E-state index in [0.717, 1.165) is 31.6 Å². The lowest BCUT2D eigenvalue weighted by Gasteiger charge is -2.16. The first-order chi connectivity index (χ1) is 10.3. The molecule has 2 nitrogen and oxygen atoms in total. The van der Waals surface area contributed by atoms with Crippen molar-refractivity contribution in [1.82, 2.24) is 4.90 Å². The Kier molecular flexibility index (Phi) is 4.26. The molecule has 21 heavy (non-hydrogen) atoms. The van der Waals surface area contributed by atoms with Gasteiger partial charge in [-0.1, -0.05) is 42.5 Å². The first kappa shape index (κ1) is 14.2. The molecule has 0 aromatic heterocycles. The molecule has 110 valence electrons. The normalized spacial score (nSPS) is 19.3. The molecule has 0 saturated carbocycles. The summed E-state index contributed by atoms with van der Waals surface area (Å²) in [6, 6.07) is 8.62. The molecule has 1 aromatic rings. The second-order valence-corrected chi connectivity index (χ2v) is 5.93. The first-order valence-electron chi connectivity index (χ1n) is 7.72. The van der Waals surface area contributed by atoms with Crippen LogP contribution in [0.3, 0.4) is 0 Å². The van der Waals surface area contributed by atoms with Crippen molar-refractivity contribution in [2.75, 3.05) is 20.6 Å². The second kappa shape index (κ2) is 6.31. The van der Waals surface area contributed by atoms with Crippen LogP contribution in [0.15, 0.2) is 53.8 Å². The van der Waals surface area contributed by atoms with E-state index in [1.807, 2.05) is 0 Å². The maximum atomic E-state index is 6.07. The average molecular weight is 281 g/mol. The monoisotopic (exact) mass is 281 g/mol. The molecule has 0 radical (unpaired) electrons. The Balaban J connectivity index is 2.02. The summed E-state index contributed by atoms with van der Waals surface area (Å²) in [7, 11) is 4.24. The Morgan fingerprint density at radius 2 is 2.10 bits per heavy atom. The highest BCUT2D eigenvalue weighted by Gasteiger charge is 2.21. The third kappa shape index (κ3) is 3.11. The standard InChI is InChI=1S/C19H23NO/c1-20(2)13-7-11-17-16-9-4-3-8-15(16)14-21-19-12-6-5-10-18(17)19/h3-5,8-11H,6-7,12-14H2,1-2H3. The molecule has 0 bridgehead atoms. The second-order valence-electron chi connectivity index (χ2n) is 5.93. The molecule has 0 N–H and O–H groups in total. The Bertz CT molecular complexity index is 608. The summed E-state index contributed by atoms with van der Waals surface area (Å²) in [6.07, 6.45) is 10.0. The van der Waals surface area contributed by atoms with Gasteiger partial charge < -0.3 is 9.64 Å². The lowest BCUT2D eigenvalue weighted by atomic mass is 9.90. The Hall–Kier alpha value is -1.80. The molecule has 0 amide bonds. The minimum absolute atomic E-state index is 0.688. The van der Waals surface area contributed by atoms with Crippen molar-refractivity contribution in [1.29, 1.82) is 0 Å². The molecule has 0 unspecified atom stereocenters. The molecule has 1 heterocycles. The van der Waals surface area contributed by atoms with E-state index in [1.54, 1.807) is 0 Å². The van der Waals surface area contributed by atoms with Crippen molar-refractivity contribution >= 4 is 5.57 Å². The minimum atomic E-state index is 0.688. The van der Waals surface area contributed by atoms with Crippen LogP contribution in [0.25, 0.3) is 5.57 Å². The SMILES string of the molecule is CN(C)CCC=C1C2=C(CCC=C2)OCc2ccccc21. The molecular weight excluding hydrogens is 258 g/mol. The van der Waals surface area contributed by atoms with Crippen molar-refractivity contribution in [3.05, 3.63) is 65.0 Å². The fraction of sp³-hybridized carbons (Fsp3) is 0.368. The van der Waals surface area contributed by atoms with Crippen molar-refractivity contribution in [3.8, 4) is 0 Å². The Morgan fingerprint density at radius 3 is 2.95 bits per heavy atom. The topological polar surface area (TPSA) is 12.5 Å². The van der Waals surface area contributed by atoms with Gasteiger partial charge in [0.2, 0.25) is 0 Å². The largest absolute Gasteiger partial charge is 0.493 e. The van der Waals surface area contributed by atoms with Crippen LogP contribution in [0.5, 0.6) is 0 Å². The molecule has 0 saturated heterocycles. The molecule has 3 rings (SSSR count). The molecule has 1 aliphatic heterocycles. The predicted octanol–water partition coefficient (Wildman–Crippen LogP) is 4.16. The van der Waals surface area contributed by atoms with E-state index in [9.17, 15) is 0 Å². The van der Waals surface area contributed by atoms with E-state index < -0.39 is 0 Å². The zero-order valence-electron chi connectivity index (χ0n) is 12.9. The fourth-order valence-corrected chi connectivity index (χ4v) is 2.94. The van der Waals surface area contributed by atoms with Crippen LogP contribution < -0.4 is 0 Å². The fourth-order valence-electron chi connectivity index (χ4n) is 2.94. The number of hydrogen-bond acceptors (Lipinski definition) is 2. The zero-order valence-corrected chi connectivity index (χ0v) is 12.9. The van der Waals surface area contributed by atoms with Gasteiger partial charge in [0.1, 0.15) is 12.4 Å². The van der Waals surface area contributed by atoms with E-state index >= 15 is 0 Å². The van der Waals surface area contributed by atoms with Crippen molar-refractivity contribution in [2.45, 2.75) is 25.9 Å². The molecule has 2 heteroatoms. The Morgan fingerprint density at radius 1 is 1.24 bits per heavy atom. The molecule has 1 aliphatic carbocycles. The van der Waals surface area contributed by atoms with Crippen molar-refractivity contribution in [3.63, 3.8) is 0 Å². The minimum Gasteiger partial charge on any atom is -0.493 e. The van der Waals surface area contributed by atoms with E-state index in [-0.39, 0.29) is 0 Å². The van der Waals surface area contributed by atoms with Gasteiger partial charge in [-0.2, -0.15) is 0 Å². The van der Waals surface area contributed by atoms with Gasteiger partial charge in [0.15, 0.2) is 0 Å². The molecule has 0 spiro atoms. The molecule has 0 fully saturated rings. The summed E-state index contributed by atoms with van der Waals surface area (Å²) in [5, 5.41) is 0. The van der Waals surface area contributed by atoms with E-state index in [1.165, 1.54) is 22.3 Å². The quantitative estimate of drug-likeness (QED) is 0.825. The van der Waals surface area contributed by atoms with Crippen LogP contribution >= 0.6 is 0 Å². The smallest absolute Gasteiger partial charge is 0.113 e. The van der Waals surface area contributed by atoms with Crippen molar-refractivity contribution < 1.29 is 4.74 Å². The van der Waals surface area contributed by atoms with Gasteiger partial charge in [-0.25, -0.2) is 0 Å². The van der Waals surface area contributed by atoms with Gasteiger partial charge in [-0.15, -0.1) is 0 Å². The number of ether oxygens (including phenoxy) is 1. The van der Waals surface area contributed by atoms with Gasteiger partial charge in [0, 0.05) is 18.5 Å².